The van der Waals surface area contributed by atoms with Gasteiger partial charge in [-0.05, 0) is 35.7 Å². The molecule has 14 heteroatoms. The summed E-state index contributed by atoms with van der Waals surface area (Å²) in [5, 5.41) is 7.97. The number of Topliss-reactive ketones (excluding diaryl/α,β-unsaturated/α-hetero) is 1. The van der Waals surface area contributed by atoms with E-state index in [1.807, 2.05) is 22.1 Å². The zero-order valence-corrected chi connectivity index (χ0v) is 19.1. The molecule has 0 aliphatic heterocycles. The summed E-state index contributed by atoms with van der Waals surface area (Å²) < 4.78 is 64.4. The zero-order chi connectivity index (χ0) is 26.1. The number of hydrogen-bond acceptors (Lipinski definition) is 7. The molecule has 0 bridgehead atoms. The number of carbonyl (C=O) groups is 4. The summed E-state index contributed by atoms with van der Waals surface area (Å²) in [5.41, 5.74) is 5.68. The maximum Gasteiger partial charge on any atom is 0.309 e. The molecular weight excluding hydrogens is 498 g/mol. The topological polar surface area (TPSA) is 137 Å². The van der Waals surface area contributed by atoms with Gasteiger partial charge in [-0.15, -0.1) is 0 Å². The summed E-state index contributed by atoms with van der Waals surface area (Å²) in [6.07, 6.45) is -0.128. The second-order valence-corrected chi connectivity index (χ2v) is 7.93. The number of nitrogens with two attached hydrogens (primary N) is 1. The Kier molecular flexibility index (Phi) is 10.1. The molecule has 1 aromatic carbocycles. The average molecular weight is 519 g/mol. The highest BCUT2D eigenvalue weighted by atomic mass is 32.1. The molecule has 1 aromatic heterocycles. The third kappa shape index (κ3) is 8.03. The molecule has 2 rings (SSSR count). The summed E-state index contributed by atoms with van der Waals surface area (Å²) in [6, 6.07) is -0.838. The molecule has 3 amide bonds. The smallest absolute Gasteiger partial charge is 0.309 e. The minimum absolute atomic E-state index is 0.0189. The molecule has 35 heavy (non-hydrogen) atoms. The van der Waals surface area contributed by atoms with Gasteiger partial charge >= 0.3 is 11.8 Å². The van der Waals surface area contributed by atoms with Crippen LogP contribution in [0.3, 0.4) is 0 Å². The fourth-order valence-corrected chi connectivity index (χ4v) is 3.28. The Balaban J connectivity index is 2.06. The largest absolute Gasteiger partial charge is 0.479 e. The Bertz CT molecular complexity index is 1060. The van der Waals surface area contributed by atoms with E-state index in [0.29, 0.717) is 0 Å². The van der Waals surface area contributed by atoms with Crippen LogP contribution in [0.2, 0.25) is 0 Å². The van der Waals surface area contributed by atoms with E-state index in [1.54, 1.807) is 0 Å². The average Bonchev–Trinajstić information content (AvgIpc) is 3.32. The number of hydrogen-bond donors (Lipinski definition) is 3. The van der Waals surface area contributed by atoms with Gasteiger partial charge in [0.15, 0.2) is 23.2 Å². The van der Waals surface area contributed by atoms with Crippen LogP contribution in [0.4, 0.5) is 17.6 Å². The summed E-state index contributed by atoms with van der Waals surface area (Å²) in [4.78, 5) is 47.2. The molecule has 0 unspecified atom stereocenters. The molecule has 0 spiro atoms. The standard InChI is InChI=1S/C21H21F4N3O6S/c1-10(27-21(32)19(26)30)20(31)28-14(2-4-33-7-11-3-5-35-9-11)15(29)8-34-18-16(24)12(22)6-13(23)17(18)25/h3,5-6,9-10,14H,2,4,7-8H2,1H3,(H2,26,30)(H,27,32)(H,28,31)/t10-,14-/m0/s1. The molecule has 2 atom stereocenters. The minimum atomic E-state index is -1.83. The van der Waals surface area contributed by atoms with E-state index in [1.165, 1.54) is 18.3 Å². The van der Waals surface area contributed by atoms with Crippen molar-refractivity contribution in [1.29, 1.82) is 0 Å². The lowest BCUT2D eigenvalue weighted by atomic mass is 10.1. The van der Waals surface area contributed by atoms with Gasteiger partial charge in [0, 0.05) is 12.7 Å². The van der Waals surface area contributed by atoms with Crippen LogP contribution in [0, 0.1) is 23.3 Å². The van der Waals surface area contributed by atoms with E-state index in [4.69, 9.17) is 10.5 Å². The maximum atomic E-state index is 13.8. The molecule has 0 fully saturated rings. The number of halogens is 4. The third-order valence-corrected chi connectivity index (χ3v) is 5.23. The van der Waals surface area contributed by atoms with Gasteiger partial charge < -0.3 is 25.8 Å². The second-order valence-electron chi connectivity index (χ2n) is 7.15. The number of benzene rings is 1. The quantitative estimate of drug-likeness (QED) is 0.168. The Morgan fingerprint density at radius 3 is 2.31 bits per heavy atom. The number of primary amides is 1. The Labute approximate surface area is 200 Å². The first kappa shape index (κ1) is 27.7. The number of rotatable bonds is 12. The molecule has 0 saturated heterocycles. The lowest BCUT2D eigenvalue weighted by molar-refractivity contribution is -0.139. The van der Waals surface area contributed by atoms with Gasteiger partial charge in [0.25, 0.3) is 0 Å². The van der Waals surface area contributed by atoms with Gasteiger partial charge in [-0.1, -0.05) is 0 Å². The molecule has 1 heterocycles. The number of carbonyl (C=O) groups excluding carboxylic acids is 4. The van der Waals surface area contributed by atoms with Crippen molar-refractivity contribution in [2.75, 3.05) is 13.2 Å². The Morgan fingerprint density at radius 2 is 1.74 bits per heavy atom. The first-order valence-electron chi connectivity index (χ1n) is 9.99. The first-order chi connectivity index (χ1) is 16.5. The fourth-order valence-electron chi connectivity index (χ4n) is 2.63. The van der Waals surface area contributed by atoms with E-state index < -0.39 is 71.2 Å². The van der Waals surface area contributed by atoms with Gasteiger partial charge in [0.05, 0.1) is 12.6 Å². The molecule has 2 aromatic rings. The number of nitrogens with one attached hydrogen (secondary N) is 2. The predicted octanol–water partition coefficient (Wildman–Crippen LogP) is 1.33. The fraction of sp³-hybridized carbons (Fsp3) is 0.333. The van der Waals surface area contributed by atoms with Crippen LogP contribution in [0.25, 0.3) is 0 Å². The van der Waals surface area contributed by atoms with E-state index in [2.05, 4.69) is 10.1 Å². The molecule has 0 radical (unpaired) electrons. The van der Waals surface area contributed by atoms with Crippen LogP contribution in [-0.2, 0) is 30.5 Å². The molecule has 4 N–H and O–H groups in total. The first-order valence-corrected chi connectivity index (χ1v) is 10.9. The molecule has 0 aliphatic rings. The Hall–Kier alpha value is -3.52. The van der Waals surface area contributed by atoms with Crippen LogP contribution in [0.15, 0.2) is 22.9 Å². The van der Waals surface area contributed by atoms with Gasteiger partial charge in [-0.25, -0.2) is 8.78 Å². The summed E-state index contributed by atoms with van der Waals surface area (Å²) in [7, 11) is 0. The van der Waals surface area contributed by atoms with Crippen LogP contribution in [0.1, 0.15) is 18.9 Å². The SMILES string of the molecule is C[C@H](NC(=O)C(N)=O)C(=O)N[C@@H](CCOCc1ccsc1)C(=O)COc1c(F)c(F)cc(F)c1F. The van der Waals surface area contributed by atoms with E-state index in [9.17, 15) is 36.7 Å². The zero-order valence-electron chi connectivity index (χ0n) is 18.2. The molecular formula is C21H21F4N3O6S. The number of amides is 3. The number of thiophene rings is 1. The number of ether oxygens (including phenoxy) is 2. The maximum absolute atomic E-state index is 13.8. The van der Waals surface area contributed by atoms with Crippen molar-refractivity contribution in [3.63, 3.8) is 0 Å². The van der Waals surface area contributed by atoms with Crippen LogP contribution in [0.5, 0.6) is 5.75 Å². The number of ketones is 1. The second kappa shape index (κ2) is 12.8. The lowest BCUT2D eigenvalue weighted by Gasteiger charge is -2.21. The monoisotopic (exact) mass is 519 g/mol. The van der Waals surface area contributed by atoms with Crippen LogP contribution in [-0.4, -0.2) is 48.8 Å². The van der Waals surface area contributed by atoms with Gasteiger partial charge in [-0.3, -0.25) is 19.2 Å². The molecule has 0 aliphatic carbocycles. The predicted molar refractivity (Wildman–Crippen MR) is 114 cm³/mol. The van der Waals surface area contributed by atoms with Crippen LogP contribution >= 0.6 is 11.3 Å². The summed E-state index contributed by atoms with van der Waals surface area (Å²) >= 11 is 1.45. The van der Waals surface area contributed by atoms with Gasteiger partial charge in [0.2, 0.25) is 17.5 Å². The lowest BCUT2D eigenvalue weighted by Crippen LogP contribution is -2.53. The van der Waals surface area contributed by atoms with E-state index in [0.717, 1.165) is 5.56 Å². The third-order valence-electron chi connectivity index (χ3n) is 4.50. The van der Waals surface area contributed by atoms with Crippen molar-refractivity contribution in [2.24, 2.45) is 5.73 Å². The van der Waals surface area contributed by atoms with Crippen molar-refractivity contribution in [3.05, 3.63) is 51.7 Å². The molecule has 9 nitrogen and oxygen atoms in total. The van der Waals surface area contributed by atoms with Crippen molar-refractivity contribution < 1.29 is 46.2 Å². The highest BCUT2D eigenvalue weighted by molar-refractivity contribution is 7.07. The summed E-state index contributed by atoms with van der Waals surface area (Å²) in [6.45, 7) is 0.306. The molecule has 190 valence electrons. The van der Waals surface area contributed by atoms with Crippen molar-refractivity contribution >= 4 is 34.8 Å². The van der Waals surface area contributed by atoms with Crippen LogP contribution < -0.4 is 21.1 Å². The highest BCUT2D eigenvalue weighted by Crippen LogP contribution is 2.26. The van der Waals surface area contributed by atoms with Gasteiger partial charge in [-0.2, -0.15) is 20.1 Å². The van der Waals surface area contributed by atoms with Crippen molar-refractivity contribution in [3.8, 4) is 5.75 Å². The summed E-state index contributed by atoms with van der Waals surface area (Å²) in [5.74, 6) is -12.9. The van der Waals surface area contributed by atoms with E-state index in [-0.39, 0.29) is 25.7 Å². The normalized spacial score (nSPS) is 12.5. The van der Waals surface area contributed by atoms with Crippen molar-refractivity contribution in [2.45, 2.75) is 32.0 Å². The van der Waals surface area contributed by atoms with Crippen molar-refractivity contribution in [1.82, 2.24) is 10.6 Å². The van der Waals surface area contributed by atoms with E-state index >= 15 is 0 Å². The minimum Gasteiger partial charge on any atom is -0.479 e. The molecule has 0 saturated carbocycles. The Morgan fingerprint density at radius 1 is 1.09 bits per heavy atom. The highest BCUT2D eigenvalue weighted by Gasteiger charge is 2.27. The van der Waals surface area contributed by atoms with Gasteiger partial charge in [0.1, 0.15) is 12.6 Å².